The number of aromatic carboxylic acids is 1. The van der Waals surface area contributed by atoms with Gasteiger partial charge in [0.2, 0.25) is 0 Å². The van der Waals surface area contributed by atoms with Crippen molar-refractivity contribution in [3.63, 3.8) is 0 Å². The summed E-state index contributed by atoms with van der Waals surface area (Å²) in [7, 11) is 0. The Kier molecular flexibility index (Phi) is 5.02. The minimum atomic E-state index is -1.47. The molecular formula is C23H17FN2O4. The first kappa shape index (κ1) is 19.3. The van der Waals surface area contributed by atoms with Gasteiger partial charge in [0.1, 0.15) is 5.56 Å². The quantitative estimate of drug-likeness (QED) is 0.605. The second kappa shape index (κ2) is 7.79. The summed E-state index contributed by atoms with van der Waals surface area (Å²) in [5.74, 6) is -3.99. The molecule has 6 nitrogen and oxygen atoms in total. The van der Waals surface area contributed by atoms with Crippen molar-refractivity contribution < 1.29 is 24.2 Å². The minimum absolute atomic E-state index is 0.216. The third kappa shape index (κ3) is 3.53. The van der Waals surface area contributed by atoms with E-state index >= 15 is 0 Å². The van der Waals surface area contributed by atoms with E-state index in [0.29, 0.717) is 5.71 Å². The Morgan fingerprint density at radius 2 is 1.60 bits per heavy atom. The maximum Gasteiger partial charge on any atom is 0.341 e. The normalized spacial score (nSPS) is 18.4. The van der Waals surface area contributed by atoms with Crippen LogP contribution in [0.3, 0.4) is 0 Å². The van der Waals surface area contributed by atoms with Crippen LogP contribution < -0.4 is 5.32 Å². The summed E-state index contributed by atoms with van der Waals surface area (Å²) in [6, 6.07) is 19.2. The van der Waals surface area contributed by atoms with Gasteiger partial charge in [-0.05, 0) is 28.8 Å². The molecule has 4 rings (SSSR count). The molecule has 0 saturated carbocycles. The molecule has 30 heavy (non-hydrogen) atoms. The largest absolute Gasteiger partial charge is 0.504 e. The smallest absolute Gasteiger partial charge is 0.341 e. The third-order valence-corrected chi connectivity index (χ3v) is 5.03. The zero-order valence-electron chi connectivity index (χ0n) is 15.6. The number of benzene rings is 3. The second-order valence-corrected chi connectivity index (χ2v) is 6.88. The summed E-state index contributed by atoms with van der Waals surface area (Å²) in [4.78, 5) is 28.1. The number of hydrogen-bond acceptors (Lipinski definition) is 3. The van der Waals surface area contributed by atoms with Crippen LogP contribution in [-0.2, 0) is 0 Å². The zero-order valence-corrected chi connectivity index (χ0v) is 15.6. The molecule has 0 radical (unpaired) electrons. The van der Waals surface area contributed by atoms with Crippen LogP contribution in [0.5, 0.6) is 5.75 Å². The Balaban J connectivity index is 1.92. The van der Waals surface area contributed by atoms with E-state index < -0.39 is 41.1 Å². The van der Waals surface area contributed by atoms with Crippen molar-refractivity contribution in [2.75, 3.05) is 0 Å². The van der Waals surface area contributed by atoms with E-state index in [9.17, 15) is 24.2 Å². The molecule has 3 aromatic rings. The molecule has 1 aliphatic heterocycles. The molecule has 3 aromatic carbocycles. The fourth-order valence-corrected chi connectivity index (χ4v) is 3.69. The van der Waals surface area contributed by atoms with Crippen LogP contribution >= 0.6 is 0 Å². The number of carboxylic acids is 1. The molecule has 0 bridgehead atoms. The van der Waals surface area contributed by atoms with Crippen LogP contribution in [-0.4, -0.2) is 27.9 Å². The highest BCUT2D eigenvalue weighted by atomic mass is 19.1. The Morgan fingerprint density at radius 3 is 2.23 bits per heavy atom. The summed E-state index contributed by atoms with van der Waals surface area (Å²) in [5.41, 5.74) is 1.67. The zero-order chi connectivity index (χ0) is 21.3. The molecule has 150 valence electrons. The Morgan fingerprint density at radius 1 is 0.967 bits per heavy atom. The van der Waals surface area contributed by atoms with E-state index in [1.807, 2.05) is 60.7 Å². The van der Waals surface area contributed by atoms with Gasteiger partial charge in [-0.3, -0.25) is 0 Å². The first-order chi connectivity index (χ1) is 14.5. The van der Waals surface area contributed by atoms with E-state index in [1.165, 1.54) is 6.07 Å². The number of nitrogens with zero attached hydrogens (tertiary/aromatic N) is 1. The summed E-state index contributed by atoms with van der Waals surface area (Å²) in [6.45, 7) is 0. The molecule has 0 fully saturated rings. The monoisotopic (exact) mass is 404 g/mol. The van der Waals surface area contributed by atoms with E-state index in [4.69, 9.17) is 0 Å². The van der Waals surface area contributed by atoms with Crippen molar-refractivity contribution in [3.8, 4) is 5.75 Å². The van der Waals surface area contributed by atoms with Crippen molar-refractivity contribution in [2.24, 2.45) is 4.99 Å². The maximum absolute atomic E-state index is 14.3. The third-order valence-electron chi connectivity index (χ3n) is 5.03. The number of nitrogens with one attached hydrogen (secondary N) is 1. The van der Waals surface area contributed by atoms with Gasteiger partial charge in [-0.2, -0.15) is 4.99 Å². The molecule has 0 spiro atoms. The summed E-state index contributed by atoms with van der Waals surface area (Å²) >= 11 is 0. The van der Waals surface area contributed by atoms with Crippen molar-refractivity contribution in [3.05, 3.63) is 101 Å². The highest BCUT2D eigenvalue weighted by molar-refractivity contribution is 6.12. The van der Waals surface area contributed by atoms with Gasteiger partial charge in [0.15, 0.2) is 11.6 Å². The highest BCUT2D eigenvalue weighted by Crippen LogP contribution is 2.39. The number of hydrogen-bond donors (Lipinski definition) is 3. The fraction of sp³-hybridized carbons (Fsp3) is 0.0870. The lowest BCUT2D eigenvalue weighted by Gasteiger charge is -2.33. The van der Waals surface area contributed by atoms with E-state index in [1.54, 1.807) is 0 Å². The van der Waals surface area contributed by atoms with E-state index in [-0.39, 0.29) is 5.56 Å². The van der Waals surface area contributed by atoms with Crippen molar-refractivity contribution in [1.29, 1.82) is 0 Å². The molecule has 7 heteroatoms. The molecule has 2 unspecified atom stereocenters. The lowest BCUT2D eigenvalue weighted by molar-refractivity contribution is 0.0692. The molecule has 0 aromatic heterocycles. The van der Waals surface area contributed by atoms with Crippen LogP contribution in [0.4, 0.5) is 9.18 Å². The molecule has 0 saturated heterocycles. The average Bonchev–Trinajstić information content (AvgIpc) is 2.76. The van der Waals surface area contributed by atoms with Gasteiger partial charge in [0.05, 0.1) is 17.7 Å². The SMILES string of the molecule is O=C1N=C(c2ccccc2)C(c2ccccc2)C(c2cc(F)c(O)c(C(=O)O)c2)N1. The van der Waals surface area contributed by atoms with E-state index in [2.05, 4.69) is 10.3 Å². The van der Waals surface area contributed by atoms with Crippen LogP contribution in [0.2, 0.25) is 0 Å². The number of amides is 2. The lowest BCUT2D eigenvalue weighted by Crippen LogP contribution is -2.40. The first-order valence-corrected chi connectivity index (χ1v) is 9.21. The molecular weight excluding hydrogens is 387 g/mol. The van der Waals surface area contributed by atoms with Gasteiger partial charge in [0.25, 0.3) is 0 Å². The molecule has 0 aliphatic carbocycles. The Bertz CT molecular complexity index is 1150. The van der Waals surface area contributed by atoms with Crippen LogP contribution in [0, 0.1) is 5.82 Å². The number of carbonyl (C=O) groups excluding carboxylic acids is 1. The minimum Gasteiger partial charge on any atom is -0.504 e. The number of aromatic hydroxyl groups is 1. The predicted molar refractivity (Wildman–Crippen MR) is 108 cm³/mol. The standard InChI is InChI=1S/C23H17FN2O4/c24-17-12-15(11-16(21(17)27)22(28)29)20-18(13-7-3-1-4-8-13)19(25-23(30)26-20)14-9-5-2-6-10-14/h1-12,18,20,27H,(H,26,30)(H,28,29). The molecule has 1 heterocycles. The van der Waals surface area contributed by atoms with Crippen molar-refractivity contribution >= 4 is 17.7 Å². The fourth-order valence-electron chi connectivity index (χ4n) is 3.69. The highest BCUT2D eigenvalue weighted by Gasteiger charge is 2.36. The number of urea groups is 1. The van der Waals surface area contributed by atoms with Gasteiger partial charge in [0, 0.05) is 0 Å². The number of carboxylic acid groups (broad SMARTS) is 1. The summed E-state index contributed by atoms with van der Waals surface area (Å²) in [6.07, 6.45) is 0. The number of halogens is 1. The second-order valence-electron chi connectivity index (χ2n) is 6.88. The first-order valence-electron chi connectivity index (χ1n) is 9.21. The topological polar surface area (TPSA) is 99.0 Å². The average molecular weight is 404 g/mol. The molecule has 2 atom stereocenters. The van der Waals surface area contributed by atoms with Gasteiger partial charge in [-0.15, -0.1) is 0 Å². The van der Waals surface area contributed by atoms with Crippen LogP contribution in [0.15, 0.2) is 77.8 Å². The molecule has 1 aliphatic rings. The number of rotatable bonds is 4. The van der Waals surface area contributed by atoms with Gasteiger partial charge in [-0.1, -0.05) is 60.7 Å². The van der Waals surface area contributed by atoms with Crippen LogP contribution in [0.1, 0.15) is 39.0 Å². The molecule has 2 amide bonds. The van der Waals surface area contributed by atoms with Gasteiger partial charge in [-0.25, -0.2) is 14.0 Å². The molecule has 3 N–H and O–H groups in total. The van der Waals surface area contributed by atoms with Crippen molar-refractivity contribution in [1.82, 2.24) is 5.32 Å². The number of aliphatic imine (C=N–C) groups is 1. The lowest BCUT2D eigenvalue weighted by atomic mass is 9.79. The summed E-state index contributed by atoms with van der Waals surface area (Å²) in [5, 5.41) is 21.9. The summed E-state index contributed by atoms with van der Waals surface area (Å²) < 4.78 is 14.3. The maximum atomic E-state index is 14.3. The number of carbonyl (C=O) groups is 2. The van der Waals surface area contributed by atoms with Gasteiger partial charge >= 0.3 is 12.0 Å². The predicted octanol–water partition coefficient (Wildman–Crippen LogP) is 4.27. The Labute approximate surface area is 171 Å². The Hall–Kier alpha value is -4.00. The van der Waals surface area contributed by atoms with E-state index in [0.717, 1.165) is 17.2 Å². The van der Waals surface area contributed by atoms with Gasteiger partial charge < -0.3 is 15.5 Å². The number of phenols is 1. The van der Waals surface area contributed by atoms with Crippen molar-refractivity contribution in [2.45, 2.75) is 12.0 Å². The van der Waals surface area contributed by atoms with Crippen LogP contribution in [0.25, 0.3) is 0 Å².